The first-order valence-electron chi connectivity index (χ1n) is 7.74. The lowest BCUT2D eigenvalue weighted by Crippen LogP contribution is -2.22. The maximum Gasteiger partial charge on any atom is 0.241 e. The Morgan fingerprint density at radius 2 is 2.08 bits per heavy atom. The number of anilines is 1. The Morgan fingerprint density at radius 3 is 2.92 bits per heavy atom. The Labute approximate surface area is 148 Å². The van der Waals surface area contributed by atoms with Gasteiger partial charge < -0.3 is 10.1 Å². The minimum absolute atomic E-state index is 0.118. The molecule has 9 heteroatoms. The van der Waals surface area contributed by atoms with Crippen LogP contribution in [0.5, 0.6) is 0 Å². The van der Waals surface area contributed by atoms with Gasteiger partial charge in [-0.15, -0.1) is 5.10 Å². The third-order valence-electron chi connectivity index (χ3n) is 3.84. The molecule has 0 amide bonds. The Kier molecular flexibility index (Phi) is 3.98. The zero-order valence-corrected chi connectivity index (χ0v) is 14.5. The highest BCUT2D eigenvalue weighted by Crippen LogP contribution is 2.25. The van der Waals surface area contributed by atoms with Crippen LogP contribution in [0.1, 0.15) is 6.92 Å². The van der Waals surface area contributed by atoms with Crippen molar-refractivity contribution >= 4 is 28.8 Å². The summed E-state index contributed by atoms with van der Waals surface area (Å²) in [5.74, 6) is 1.11. The van der Waals surface area contributed by atoms with E-state index in [-0.39, 0.29) is 6.04 Å². The molecule has 0 aliphatic rings. The van der Waals surface area contributed by atoms with Gasteiger partial charge in [0.1, 0.15) is 5.15 Å². The van der Waals surface area contributed by atoms with E-state index < -0.39 is 0 Å². The number of aromatic nitrogens is 6. The highest BCUT2D eigenvalue weighted by atomic mass is 35.5. The first kappa shape index (κ1) is 15.8. The number of hydrogen-bond acceptors (Lipinski definition) is 6. The molecular weight excluding hydrogens is 342 g/mol. The van der Waals surface area contributed by atoms with Crippen molar-refractivity contribution in [1.29, 1.82) is 0 Å². The number of halogens is 1. The highest BCUT2D eigenvalue weighted by molar-refractivity contribution is 6.29. The molecule has 0 aliphatic carbocycles. The number of nitrogens with zero attached hydrogens (tertiary/aromatic N) is 6. The summed E-state index contributed by atoms with van der Waals surface area (Å²) in [5, 5.41) is 8.21. The van der Waals surface area contributed by atoms with E-state index in [1.165, 1.54) is 0 Å². The van der Waals surface area contributed by atoms with Crippen molar-refractivity contribution in [3.63, 3.8) is 0 Å². The molecule has 4 rings (SSSR count). The van der Waals surface area contributed by atoms with E-state index in [2.05, 4.69) is 25.4 Å². The van der Waals surface area contributed by atoms with E-state index in [0.717, 1.165) is 16.6 Å². The average Bonchev–Trinajstić information content (AvgIpc) is 3.18. The number of methoxy groups -OCH3 is 1. The summed E-state index contributed by atoms with van der Waals surface area (Å²) in [7, 11) is 1.66. The van der Waals surface area contributed by atoms with Gasteiger partial charge in [0.2, 0.25) is 11.7 Å². The standard InChI is InChI=1S/C16H16ClN7O/c1-10(9-25-2)21-15-18-6-13-12(3-4-24(13)22-15)11-5-19-16-20-7-14(17)23(16)8-11/h3-8,10H,9H2,1-2H3,(H,21,22)/t10-/m1/s1. The van der Waals surface area contributed by atoms with Gasteiger partial charge in [0.05, 0.1) is 24.5 Å². The van der Waals surface area contributed by atoms with Crippen LogP contribution in [0.3, 0.4) is 0 Å². The molecule has 4 aromatic rings. The summed E-state index contributed by atoms with van der Waals surface area (Å²) < 4.78 is 8.63. The molecule has 0 bridgehead atoms. The van der Waals surface area contributed by atoms with Gasteiger partial charge in [-0.2, -0.15) is 0 Å². The molecule has 1 N–H and O–H groups in total. The van der Waals surface area contributed by atoms with Crippen LogP contribution >= 0.6 is 11.6 Å². The molecule has 0 fully saturated rings. The number of ether oxygens (including phenoxy) is 1. The molecule has 128 valence electrons. The van der Waals surface area contributed by atoms with E-state index in [0.29, 0.717) is 23.5 Å². The summed E-state index contributed by atoms with van der Waals surface area (Å²) in [6.45, 7) is 2.59. The van der Waals surface area contributed by atoms with Gasteiger partial charge in [0.15, 0.2) is 0 Å². The molecule has 0 aromatic carbocycles. The summed E-state index contributed by atoms with van der Waals surface area (Å²) in [6.07, 6.45) is 8.91. The molecule has 0 saturated carbocycles. The van der Waals surface area contributed by atoms with Gasteiger partial charge in [0, 0.05) is 42.9 Å². The van der Waals surface area contributed by atoms with Crippen molar-refractivity contribution in [2.24, 2.45) is 0 Å². The number of rotatable bonds is 5. The van der Waals surface area contributed by atoms with E-state index in [9.17, 15) is 0 Å². The second-order valence-electron chi connectivity index (χ2n) is 5.74. The van der Waals surface area contributed by atoms with Gasteiger partial charge in [0.25, 0.3) is 0 Å². The Morgan fingerprint density at radius 1 is 1.24 bits per heavy atom. The van der Waals surface area contributed by atoms with Crippen molar-refractivity contribution in [3.05, 3.63) is 42.2 Å². The molecule has 0 aliphatic heterocycles. The fourth-order valence-electron chi connectivity index (χ4n) is 2.71. The van der Waals surface area contributed by atoms with Crippen LogP contribution in [0, 0.1) is 0 Å². The van der Waals surface area contributed by atoms with Crippen molar-refractivity contribution in [3.8, 4) is 11.1 Å². The van der Waals surface area contributed by atoms with Crippen LogP contribution in [-0.4, -0.2) is 48.7 Å². The SMILES string of the molecule is COC[C@@H](C)Nc1ncc2c(-c3cnc4ncc(Cl)n4c3)ccn2n1. The zero-order chi connectivity index (χ0) is 17.4. The summed E-state index contributed by atoms with van der Waals surface area (Å²) in [6, 6.07) is 2.09. The number of imidazole rings is 1. The van der Waals surface area contributed by atoms with Crippen LogP contribution in [0.15, 0.2) is 37.1 Å². The Bertz CT molecular complexity index is 1040. The fraction of sp³-hybridized carbons (Fsp3) is 0.250. The molecule has 0 spiro atoms. The first-order chi connectivity index (χ1) is 12.2. The van der Waals surface area contributed by atoms with Crippen LogP contribution < -0.4 is 5.32 Å². The predicted octanol–water partition coefficient (Wildman–Crippen LogP) is 2.54. The van der Waals surface area contributed by atoms with E-state index in [1.54, 1.807) is 34.6 Å². The largest absolute Gasteiger partial charge is 0.383 e. The number of hydrogen-bond donors (Lipinski definition) is 1. The third-order valence-corrected chi connectivity index (χ3v) is 4.12. The zero-order valence-electron chi connectivity index (χ0n) is 13.7. The van der Waals surface area contributed by atoms with Crippen LogP contribution in [0.2, 0.25) is 5.15 Å². The van der Waals surface area contributed by atoms with Crippen molar-refractivity contribution in [1.82, 2.24) is 29.0 Å². The lowest BCUT2D eigenvalue weighted by atomic mass is 10.1. The number of nitrogens with one attached hydrogen (secondary N) is 1. The predicted molar refractivity (Wildman–Crippen MR) is 94.9 cm³/mol. The number of fused-ring (bicyclic) bond motifs is 2. The molecule has 0 saturated heterocycles. The van der Waals surface area contributed by atoms with Gasteiger partial charge in [-0.1, -0.05) is 11.6 Å². The molecule has 1 atom stereocenters. The van der Waals surface area contributed by atoms with Gasteiger partial charge in [-0.05, 0) is 13.0 Å². The highest BCUT2D eigenvalue weighted by Gasteiger charge is 2.11. The smallest absolute Gasteiger partial charge is 0.241 e. The van der Waals surface area contributed by atoms with E-state index >= 15 is 0 Å². The molecular formula is C16H16ClN7O. The van der Waals surface area contributed by atoms with Crippen LogP contribution in [0.4, 0.5) is 5.95 Å². The lowest BCUT2D eigenvalue weighted by molar-refractivity contribution is 0.190. The van der Waals surface area contributed by atoms with Gasteiger partial charge in [-0.3, -0.25) is 4.40 Å². The Hall–Kier alpha value is -2.71. The summed E-state index contributed by atoms with van der Waals surface area (Å²) >= 11 is 6.13. The monoisotopic (exact) mass is 357 g/mol. The summed E-state index contributed by atoms with van der Waals surface area (Å²) in [5.41, 5.74) is 2.75. The minimum atomic E-state index is 0.118. The quantitative estimate of drug-likeness (QED) is 0.591. The maximum absolute atomic E-state index is 6.13. The molecule has 0 unspecified atom stereocenters. The van der Waals surface area contributed by atoms with E-state index in [1.807, 2.05) is 25.4 Å². The molecule has 4 heterocycles. The van der Waals surface area contributed by atoms with Crippen molar-refractivity contribution in [2.75, 3.05) is 19.0 Å². The topological polar surface area (TPSA) is 81.6 Å². The van der Waals surface area contributed by atoms with Crippen molar-refractivity contribution in [2.45, 2.75) is 13.0 Å². The molecule has 0 radical (unpaired) electrons. The van der Waals surface area contributed by atoms with Crippen LogP contribution in [0.25, 0.3) is 22.4 Å². The van der Waals surface area contributed by atoms with Gasteiger partial charge in [-0.25, -0.2) is 19.5 Å². The minimum Gasteiger partial charge on any atom is -0.383 e. The Balaban J connectivity index is 1.71. The second-order valence-corrected chi connectivity index (χ2v) is 6.12. The maximum atomic E-state index is 6.13. The molecule has 25 heavy (non-hydrogen) atoms. The fourth-order valence-corrected chi connectivity index (χ4v) is 2.88. The average molecular weight is 358 g/mol. The second kappa shape index (κ2) is 6.30. The van der Waals surface area contributed by atoms with Gasteiger partial charge >= 0.3 is 0 Å². The van der Waals surface area contributed by atoms with Crippen LogP contribution in [-0.2, 0) is 4.74 Å². The normalized spacial score (nSPS) is 12.8. The third kappa shape index (κ3) is 2.90. The van der Waals surface area contributed by atoms with E-state index in [4.69, 9.17) is 16.3 Å². The molecule has 4 aromatic heterocycles. The first-order valence-corrected chi connectivity index (χ1v) is 8.12. The molecule has 8 nitrogen and oxygen atoms in total. The lowest BCUT2D eigenvalue weighted by Gasteiger charge is -2.12. The summed E-state index contributed by atoms with van der Waals surface area (Å²) in [4.78, 5) is 12.9. The van der Waals surface area contributed by atoms with Crippen molar-refractivity contribution < 1.29 is 4.74 Å².